The van der Waals surface area contributed by atoms with Crippen molar-refractivity contribution in [1.82, 2.24) is 5.32 Å². The smallest absolute Gasteiger partial charge is 0.243 e. The summed E-state index contributed by atoms with van der Waals surface area (Å²) in [6.45, 7) is 0.493. The number of carbonyl (C=O) groups excluding carboxylic acids is 1. The van der Waals surface area contributed by atoms with Crippen LogP contribution in [0, 0.1) is 0 Å². The molecule has 1 heterocycles. The third-order valence-electron chi connectivity index (χ3n) is 1.48. The molecule has 1 aliphatic rings. The van der Waals surface area contributed by atoms with Gasteiger partial charge in [-0.3, -0.25) is 4.79 Å². The van der Waals surface area contributed by atoms with E-state index >= 15 is 0 Å². The summed E-state index contributed by atoms with van der Waals surface area (Å²) in [5, 5.41) is 2.01. The molecule has 0 amide bonds. The summed E-state index contributed by atoms with van der Waals surface area (Å²) in [7, 11) is -2.29. The van der Waals surface area contributed by atoms with Crippen LogP contribution in [0.3, 0.4) is 0 Å². The average Bonchev–Trinajstić information content (AvgIpc) is 2.32. The largest absolute Gasteiger partial charge is 0.302 e. The van der Waals surface area contributed by atoms with Crippen molar-refractivity contribution in [1.29, 1.82) is 0 Å². The van der Waals surface area contributed by atoms with Crippen LogP contribution >= 0.6 is 11.6 Å². The van der Waals surface area contributed by atoms with E-state index in [0.717, 1.165) is 0 Å². The molecular weight excluding hydrogens is 190 g/mol. The summed E-state index contributed by atoms with van der Waals surface area (Å²) in [5.41, 5.74) is 0. The van der Waals surface area contributed by atoms with Gasteiger partial charge in [-0.2, -0.15) is 8.42 Å². The van der Waals surface area contributed by atoms with E-state index in [-0.39, 0.29) is 4.86 Å². The van der Waals surface area contributed by atoms with Gasteiger partial charge in [-0.15, -0.1) is 0 Å². The first kappa shape index (κ1) is 8.70. The van der Waals surface area contributed by atoms with Gasteiger partial charge in [0.05, 0.1) is 4.86 Å². The predicted molar refractivity (Wildman–Crippen MR) is 41.2 cm³/mol. The van der Waals surface area contributed by atoms with E-state index in [2.05, 4.69) is 5.32 Å². The van der Waals surface area contributed by atoms with Gasteiger partial charge in [-0.25, -0.2) is 0 Å². The highest BCUT2D eigenvalue weighted by atomic mass is 35.5. The molecule has 1 rings (SSSR count). The molecule has 1 aliphatic heterocycles. The van der Waals surface area contributed by atoms with Crippen molar-refractivity contribution < 1.29 is 13.2 Å². The number of halogens is 1. The minimum absolute atomic E-state index is 0.157. The average molecular weight is 196 g/mol. The van der Waals surface area contributed by atoms with E-state index in [1.54, 1.807) is 0 Å². The fraction of sp³-hybridized carbons (Fsp3) is 0.600. The SMILES string of the molecule is O=C(Cl)[C@H]1NCCC1=S(=O)=O. The molecule has 11 heavy (non-hydrogen) atoms. The maximum atomic E-state index is 10.6. The van der Waals surface area contributed by atoms with Crippen LogP contribution in [0.5, 0.6) is 0 Å². The molecule has 62 valence electrons. The van der Waals surface area contributed by atoms with E-state index in [9.17, 15) is 13.2 Å². The van der Waals surface area contributed by atoms with Crippen molar-refractivity contribution in [3.63, 3.8) is 0 Å². The predicted octanol–water partition coefficient (Wildman–Crippen LogP) is -0.835. The van der Waals surface area contributed by atoms with E-state index in [1.165, 1.54) is 0 Å². The second-order valence-corrected chi connectivity index (χ2v) is 3.51. The van der Waals surface area contributed by atoms with Crippen molar-refractivity contribution in [2.75, 3.05) is 6.54 Å². The zero-order valence-corrected chi connectivity index (χ0v) is 7.07. The van der Waals surface area contributed by atoms with E-state index in [0.29, 0.717) is 13.0 Å². The molecule has 0 aromatic carbocycles. The third-order valence-corrected chi connectivity index (χ3v) is 2.57. The number of rotatable bonds is 1. The Morgan fingerprint density at radius 1 is 1.64 bits per heavy atom. The maximum absolute atomic E-state index is 10.6. The van der Waals surface area contributed by atoms with Gasteiger partial charge < -0.3 is 5.32 Å². The molecule has 0 unspecified atom stereocenters. The van der Waals surface area contributed by atoms with Crippen molar-refractivity contribution in [3.8, 4) is 0 Å². The number of hydrogen-bond donors (Lipinski definition) is 1. The van der Waals surface area contributed by atoms with Crippen LogP contribution in [0.15, 0.2) is 0 Å². The zero-order chi connectivity index (χ0) is 8.43. The standard InChI is InChI=1S/C5H6ClNO3S/c6-5(8)4-3(11(9)10)1-2-7-4/h4,7H,1-2H2/t4-/m0/s1. The molecule has 0 radical (unpaired) electrons. The van der Waals surface area contributed by atoms with Gasteiger partial charge in [0.25, 0.3) is 0 Å². The molecule has 1 fully saturated rings. The third kappa shape index (κ3) is 1.79. The first-order valence-electron chi connectivity index (χ1n) is 3.00. The highest BCUT2D eigenvalue weighted by molar-refractivity contribution is 7.73. The Hall–Kier alpha value is -0.390. The molecule has 4 nitrogen and oxygen atoms in total. The lowest BCUT2D eigenvalue weighted by atomic mass is 10.2. The maximum Gasteiger partial charge on any atom is 0.243 e. The summed E-state index contributed by atoms with van der Waals surface area (Å²) >= 11 is 5.13. The molecule has 0 bridgehead atoms. The quantitative estimate of drug-likeness (QED) is 0.438. The topological polar surface area (TPSA) is 63.2 Å². The summed E-state index contributed by atoms with van der Waals surface area (Å²) in [6, 6.07) is -0.796. The molecule has 0 aliphatic carbocycles. The number of hydrogen-bond acceptors (Lipinski definition) is 4. The van der Waals surface area contributed by atoms with Gasteiger partial charge in [0.1, 0.15) is 6.04 Å². The van der Waals surface area contributed by atoms with Crippen molar-refractivity contribution in [3.05, 3.63) is 0 Å². The Bertz CT molecular complexity index is 300. The lowest BCUT2D eigenvalue weighted by Gasteiger charge is -2.00. The van der Waals surface area contributed by atoms with Crippen LogP contribution in [0.2, 0.25) is 0 Å². The molecule has 0 aromatic rings. The molecular formula is C5H6ClNO3S. The summed E-state index contributed by atoms with van der Waals surface area (Å²) in [4.78, 5) is 10.7. The van der Waals surface area contributed by atoms with Gasteiger partial charge in [-0.05, 0) is 18.0 Å². The second kappa shape index (κ2) is 3.34. The van der Waals surface area contributed by atoms with E-state index in [4.69, 9.17) is 11.6 Å². The van der Waals surface area contributed by atoms with E-state index < -0.39 is 21.6 Å². The van der Waals surface area contributed by atoms with Crippen molar-refractivity contribution >= 4 is 32.0 Å². The Morgan fingerprint density at radius 3 is 2.64 bits per heavy atom. The highest BCUT2D eigenvalue weighted by Gasteiger charge is 2.28. The molecule has 1 atom stereocenters. The molecule has 0 saturated carbocycles. The zero-order valence-electron chi connectivity index (χ0n) is 5.50. The molecule has 0 aromatic heterocycles. The van der Waals surface area contributed by atoms with Crippen molar-refractivity contribution in [2.45, 2.75) is 12.5 Å². The minimum atomic E-state index is -2.29. The van der Waals surface area contributed by atoms with Crippen LogP contribution in [-0.2, 0) is 15.1 Å². The fourth-order valence-electron chi connectivity index (χ4n) is 0.984. The Kier molecular flexibility index (Phi) is 2.64. The monoisotopic (exact) mass is 195 g/mol. The first-order chi connectivity index (χ1) is 5.13. The molecule has 6 heteroatoms. The van der Waals surface area contributed by atoms with Gasteiger partial charge in [0.2, 0.25) is 15.5 Å². The van der Waals surface area contributed by atoms with Crippen LogP contribution in [0.1, 0.15) is 6.42 Å². The van der Waals surface area contributed by atoms with Gasteiger partial charge in [-0.1, -0.05) is 0 Å². The Labute approximate surface area is 70.1 Å². The van der Waals surface area contributed by atoms with Crippen molar-refractivity contribution in [2.24, 2.45) is 0 Å². The van der Waals surface area contributed by atoms with Crippen LogP contribution in [0.4, 0.5) is 0 Å². The van der Waals surface area contributed by atoms with Gasteiger partial charge >= 0.3 is 0 Å². The van der Waals surface area contributed by atoms with Gasteiger partial charge in [0, 0.05) is 6.54 Å². The number of nitrogens with one attached hydrogen (secondary N) is 1. The summed E-state index contributed by atoms with van der Waals surface area (Å²) in [6.07, 6.45) is 0.374. The molecule has 1 saturated heterocycles. The minimum Gasteiger partial charge on any atom is -0.302 e. The van der Waals surface area contributed by atoms with Crippen LogP contribution < -0.4 is 5.32 Å². The first-order valence-corrected chi connectivity index (χ1v) is 4.46. The van der Waals surface area contributed by atoms with E-state index in [1.807, 2.05) is 0 Å². The van der Waals surface area contributed by atoms with Gasteiger partial charge in [0.15, 0.2) is 0 Å². The lowest BCUT2D eigenvalue weighted by Crippen LogP contribution is -2.33. The summed E-state index contributed by atoms with van der Waals surface area (Å²) < 4.78 is 20.9. The van der Waals surface area contributed by atoms with Crippen LogP contribution in [0.25, 0.3) is 0 Å². The normalized spacial score (nSPS) is 23.7. The highest BCUT2D eigenvalue weighted by Crippen LogP contribution is 2.04. The second-order valence-electron chi connectivity index (χ2n) is 2.14. The number of carbonyl (C=O) groups is 1. The fourth-order valence-corrected chi connectivity index (χ4v) is 1.91. The Morgan fingerprint density at radius 2 is 2.27 bits per heavy atom. The lowest BCUT2D eigenvalue weighted by molar-refractivity contribution is -0.111. The van der Waals surface area contributed by atoms with Crippen LogP contribution in [-0.4, -0.2) is 31.1 Å². The summed E-state index contributed by atoms with van der Waals surface area (Å²) in [5.74, 6) is 0. The Balaban J connectivity index is 3.01. The molecule has 0 spiro atoms. The molecule has 1 N–H and O–H groups in total.